The van der Waals surface area contributed by atoms with Gasteiger partial charge in [-0.25, -0.2) is 13.8 Å². The fourth-order valence-corrected chi connectivity index (χ4v) is 3.76. The lowest BCUT2D eigenvalue weighted by Gasteiger charge is -2.12. The van der Waals surface area contributed by atoms with Crippen LogP contribution in [-0.4, -0.2) is 21.1 Å². The van der Waals surface area contributed by atoms with Crippen LogP contribution in [0.1, 0.15) is 29.2 Å². The van der Waals surface area contributed by atoms with Crippen LogP contribution in [0.4, 0.5) is 8.78 Å². The molecule has 4 nitrogen and oxygen atoms in total. The number of aromatic nitrogens is 2. The number of nitrogens with zero attached hydrogens (tertiary/aromatic N) is 2. The molecule has 1 aromatic heterocycles. The van der Waals surface area contributed by atoms with Crippen LogP contribution < -0.4 is 5.56 Å². The Labute approximate surface area is 151 Å². The molecule has 0 aliphatic heterocycles. The second kappa shape index (κ2) is 6.64. The molecule has 0 amide bonds. The average molecular weight is 372 g/mol. The lowest BCUT2D eigenvalue weighted by Crippen LogP contribution is -2.23. The summed E-state index contributed by atoms with van der Waals surface area (Å²) >= 11 is 1.10. The monoisotopic (exact) mass is 372 g/mol. The smallest absolute Gasteiger partial charge is 0.262 e. The number of Topliss-reactive ketones (excluding diaryl/α,β-unsaturated/α-hetero) is 1. The van der Waals surface area contributed by atoms with E-state index < -0.39 is 17.4 Å². The van der Waals surface area contributed by atoms with Crippen molar-refractivity contribution >= 4 is 28.4 Å². The predicted molar refractivity (Wildman–Crippen MR) is 95.7 cm³/mol. The lowest BCUT2D eigenvalue weighted by atomic mass is 10.1. The van der Waals surface area contributed by atoms with Crippen LogP contribution in [0.15, 0.2) is 52.4 Å². The van der Waals surface area contributed by atoms with E-state index in [9.17, 15) is 18.4 Å². The fraction of sp³-hybridized carbons (Fsp3) is 0.211. The second-order valence-electron chi connectivity index (χ2n) is 6.15. The van der Waals surface area contributed by atoms with Crippen LogP contribution in [0.5, 0.6) is 0 Å². The van der Waals surface area contributed by atoms with Gasteiger partial charge in [-0.2, -0.15) is 0 Å². The number of hydrogen-bond donors (Lipinski definition) is 0. The molecule has 0 bridgehead atoms. The van der Waals surface area contributed by atoms with Crippen molar-refractivity contribution in [2.45, 2.75) is 24.0 Å². The SMILES string of the molecule is O=C(CSc1nc2ccccc2c(=O)n1C1CC1)c1ccc(F)cc1F. The molecule has 0 radical (unpaired) electrons. The van der Waals surface area contributed by atoms with E-state index >= 15 is 0 Å². The summed E-state index contributed by atoms with van der Waals surface area (Å²) in [6.45, 7) is 0. The number of carbonyl (C=O) groups excluding carboxylic acids is 1. The third kappa shape index (κ3) is 3.14. The molecule has 1 aliphatic rings. The first-order valence-corrected chi connectivity index (χ1v) is 9.15. The highest BCUT2D eigenvalue weighted by Gasteiger charge is 2.29. The molecule has 1 fully saturated rings. The Morgan fingerprint density at radius 2 is 1.96 bits per heavy atom. The molecule has 1 heterocycles. The topological polar surface area (TPSA) is 52.0 Å². The zero-order valence-electron chi connectivity index (χ0n) is 13.6. The van der Waals surface area contributed by atoms with Crippen LogP contribution in [0.3, 0.4) is 0 Å². The van der Waals surface area contributed by atoms with Gasteiger partial charge in [-0.3, -0.25) is 14.2 Å². The minimum atomic E-state index is -0.887. The van der Waals surface area contributed by atoms with Gasteiger partial charge in [0.2, 0.25) is 0 Å². The molecule has 1 saturated carbocycles. The number of carbonyl (C=O) groups is 1. The maximum Gasteiger partial charge on any atom is 0.262 e. The molecule has 26 heavy (non-hydrogen) atoms. The normalized spacial score (nSPS) is 13.9. The second-order valence-corrected chi connectivity index (χ2v) is 7.10. The van der Waals surface area contributed by atoms with Crippen molar-refractivity contribution in [2.75, 3.05) is 5.75 Å². The van der Waals surface area contributed by atoms with E-state index in [0.29, 0.717) is 22.1 Å². The molecule has 0 spiro atoms. The predicted octanol–water partition coefficient (Wildman–Crippen LogP) is 3.98. The van der Waals surface area contributed by atoms with Crippen molar-refractivity contribution in [3.05, 3.63) is 70.0 Å². The fourth-order valence-electron chi connectivity index (χ4n) is 2.81. The first kappa shape index (κ1) is 16.9. The summed E-state index contributed by atoms with van der Waals surface area (Å²) < 4.78 is 28.4. The Kier molecular flexibility index (Phi) is 4.32. The van der Waals surface area contributed by atoms with Crippen molar-refractivity contribution < 1.29 is 13.6 Å². The Hall–Kier alpha value is -2.54. The third-order valence-corrected chi connectivity index (χ3v) is 5.20. The van der Waals surface area contributed by atoms with E-state index in [1.165, 1.54) is 0 Å². The quantitative estimate of drug-likeness (QED) is 0.386. The van der Waals surface area contributed by atoms with Gasteiger partial charge in [0.25, 0.3) is 5.56 Å². The van der Waals surface area contributed by atoms with Gasteiger partial charge < -0.3 is 0 Å². The number of thioether (sulfide) groups is 1. The molecule has 7 heteroatoms. The zero-order chi connectivity index (χ0) is 18.3. The number of fused-ring (bicyclic) bond motifs is 1. The number of hydrogen-bond acceptors (Lipinski definition) is 4. The largest absolute Gasteiger partial charge is 0.293 e. The Bertz CT molecular complexity index is 1080. The van der Waals surface area contributed by atoms with Crippen molar-refractivity contribution in [2.24, 2.45) is 0 Å². The molecule has 1 aliphatic carbocycles. The molecule has 2 aromatic carbocycles. The van der Waals surface area contributed by atoms with Crippen LogP contribution in [0.2, 0.25) is 0 Å². The van der Waals surface area contributed by atoms with Gasteiger partial charge in [-0.1, -0.05) is 23.9 Å². The first-order chi connectivity index (χ1) is 12.5. The van der Waals surface area contributed by atoms with Crippen molar-refractivity contribution in [1.29, 1.82) is 0 Å². The van der Waals surface area contributed by atoms with Gasteiger partial charge >= 0.3 is 0 Å². The first-order valence-electron chi connectivity index (χ1n) is 8.17. The summed E-state index contributed by atoms with van der Waals surface area (Å²) in [5.41, 5.74) is 0.276. The van der Waals surface area contributed by atoms with Gasteiger partial charge in [0, 0.05) is 12.1 Å². The average Bonchev–Trinajstić information content (AvgIpc) is 3.44. The van der Waals surface area contributed by atoms with E-state index in [4.69, 9.17) is 0 Å². The van der Waals surface area contributed by atoms with E-state index in [1.807, 2.05) is 0 Å². The summed E-state index contributed by atoms with van der Waals surface area (Å²) in [5, 5.41) is 0.992. The molecule has 4 rings (SSSR count). The Morgan fingerprint density at radius 3 is 2.69 bits per heavy atom. The third-order valence-electron chi connectivity index (χ3n) is 4.25. The molecule has 0 atom stereocenters. The molecule has 3 aromatic rings. The Morgan fingerprint density at radius 1 is 1.19 bits per heavy atom. The summed E-state index contributed by atoms with van der Waals surface area (Å²) in [4.78, 5) is 29.6. The maximum atomic E-state index is 13.8. The van der Waals surface area contributed by atoms with Gasteiger partial charge in [0.15, 0.2) is 10.9 Å². The number of halogens is 2. The number of para-hydroxylation sites is 1. The lowest BCUT2D eigenvalue weighted by molar-refractivity contribution is 0.101. The molecule has 132 valence electrons. The molecule has 0 saturated heterocycles. The van der Waals surface area contributed by atoms with Crippen LogP contribution in [0.25, 0.3) is 10.9 Å². The molecular weight excluding hydrogens is 358 g/mol. The van der Waals surface area contributed by atoms with Gasteiger partial charge in [0.1, 0.15) is 11.6 Å². The highest BCUT2D eigenvalue weighted by Crippen LogP contribution is 2.37. The molecule has 0 N–H and O–H groups in total. The summed E-state index contributed by atoms with van der Waals surface area (Å²) in [5.74, 6) is -2.18. The number of benzene rings is 2. The van der Waals surface area contributed by atoms with Crippen LogP contribution in [-0.2, 0) is 0 Å². The van der Waals surface area contributed by atoms with Gasteiger partial charge in [0.05, 0.1) is 22.2 Å². The minimum Gasteiger partial charge on any atom is -0.293 e. The summed E-state index contributed by atoms with van der Waals surface area (Å²) in [6.07, 6.45) is 1.79. The highest BCUT2D eigenvalue weighted by molar-refractivity contribution is 7.99. The molecule has 0 unspecified atom stereocenters. The number of rotatable bonds is 5. The van der Waals surface area contributed by atoms with Crippen molar-refractivity contribution in [3.63, 3.8) is 0 Å². The summed E-state index contributed by atoms with van der Waals surface area (Å²) in [6, 6.07) is 10.0. The highest BCUT2D eigenvalue weighted by atomic mass is 32.2. The van der Waals surface area contributed by atoms with Crippen molar-refractivity contribution in [1.82, 2.24) is 9.55 Å². The zero-order valence-corrected chi connectivity index (χ0v) is 14.4. The number of ketones is 1. The van der Waals surface area contributed by atoms with Crippen LogP contribution >= 0.6 is 11.8 Å². The van der Waals surface area contributed by atoms with Crippen LogP contribution in [0, 0.1) is 11.6 Å². The van der Waals surface area contributed by atoms with Crippen molar-refractivity contribution in [3.8, 4) is 0 Å². The van der Waals surface area contributed by atoms with E-state index in [0.717, 1.165) is 36.7 Å². The molecular formula is C19H14F2N2O2S. The Balaban J connectivity index is 1.65. The van der Waals surface area contributed by atoms with Gasteiger partial charge in [-0.05, 0) is 37.1 Å². The minimum absolute atomic E-state index is 0.0833. The summed E-state index contributed by atoms with van der Waals surface area (Å²) in [7, 11) is 0. The maximum absolute atomic E-state index is 13.8. The van der Waals surface area contributed by atoms with Gasteiger partial charge in [-0.15, -0.1) is 0 Å². The van der Waals surface area contributed by atoms with E-state index in [2.05, 4.69) is 4.98 Å². The van der Waals surface area contributed by atoms with E-state index in [1.54, 1.807) is 28.8 Å². The standard InChI is InChI=1S/C19H14F2N2O2S/c20-11-5-8-13(15(21)9-11)17(24)10-26-19-22-16-4-2-1-3-14(16)18(25)23(19)12-6-7-12/h1-5,8-9,12H,6-7,10H2. The van der Waals surface area contributed by atoms with E-state index in [-0.39, 0.29) is 22.9 Å².